The third kappa shape index (κ3) is 2.97. The molecule has 5 rings (SSSR count). The van der Waals surface area contributed by atoms with Crippen molar-refractivity contribution in [2.75, 3.05) is 13.1 Å². The molecular weight excluding hydrogens is 404 g/mol. The first-order chi connectivity index (χ1) is 14.3. The van der Waals surface area contributed by atoms with Crippen LogP contribution in [0.4, 0.5) is 0 Å². The van der Waals surface area contributed by atoms with E-state index < -0.39 is 5.63 Å². The highest BCUT2D eigenvalue weighted by atomic mass is 35.5. The molecule has 1 fully saturated rings. The summed E-state index contributed by atoms with van der Waals surface area (Å²) in [6, 6.07) is 7.13. The smallest absolute Gasteiger partial charge is 0.339 e. The van der Waals surface area contributed by atoms with Gasteiger partial charge in [0.2, 0.25) is 0 Å². The fourth-order valence-corrected chi connectivity index (χ4v) is 5.31. The molecule has 3 aromatic rings. The van der Waals surface area contributed by atoms with Crippen LogP contribution in [0.1, 0.15) is 34.7 Å². The first kappa shape index (κ1) is 19.4. The Labute approximate surface area is 178 Å². The van der Waals surface area contributed by atoms with Gasteiger partial charge in [-0.1, -0.05) is 17.7 Å². The zero-order valence-electron chi connectivity index (χ0n) is 16.9. The lowest BCUT2D eigenvalue weighted by Gasteiger charge is -2.42. The lowest BCUT2D eigenvalue weighted by molar-refractivity contribution is 0.113. The van der Waals surface area contributed by atoms with Crippen LogP contribution >= 0.6 is 11.6 Å². The Kier molecular flexibility index (Phi) is 4.52. The normalized spacial score (nSPS) is 21.0. The quantitative estimate of drug-likeness (QED) is 0.634. The number of aromatic hydroxyl groups is 1. The molecule has 0 unspecified atom stereocenters. The number of halogens is 1. The number of nitrogens with zero attached hydrogens (tertiary/aromatic N) is 2. The predicted molar refractivity (Wildman–Crippen MR) is 115 cm³/mol. The molecule has 2 bridgehead atoms. The third-order valence-corrected chi connectivity index (χ3v) is 6.99. The number of hydrogen-bond acceptors (Lipinski definition) is 5. The van der Waals surface area contributed by atoms with Gasteiger partial charge in [0, 0.05) is 54.8 Å². The second-order valence-corrected chi connectivity index (χ2v) is 9.00. The highest BCUT2D eigenvalue weighted by molar-refractivity contribution is 6.33. The van der Waals surface area contributed by atoms with E-state index in [9.17, 15) is 14.7 Å². The average molecular weight is 427 g/mol. The molecule has 1 saturated heterocycles. The molecule has 2 aromatic heterocycles. The second kappa shape index (κ2) is 7.00. The van der Waals surface area contributed by atoms with Crippen LogP contribution in [0.15, 0.2) is 38.3 Å². The highest BCUT2D eigenvalue weighted by Crippen LogP contribution is 2.39. The number of fused-ring (bicyclic) bond motifs is 5. The van der Waals surface area contributed by atoms with E-state index in [-0.39, 0.29) is 22.2 Å². The molecule has 156 valence electrons. The summed E-state index contributed by atoms with van der Waals surface area (Å²) in [6.07, 6.45) is 1.05. The van der Waals surface area contributed by atoms with E-state index in [1.54, 1.807) is 19.1 Å². The standard InChI is InChI=1S/C23H23ClN2O4/c1-12-13(2)23(29)30-22-16(12)7-18(24)21(28)17(22)11-25-8-14-6-15(10-25)19-4-3-5-20(27)26(19)9-14/h3-5,7,14-15,28H,6,8-11H2,1-2H3/t14-,15+/m1/s1. The van der Waals surface area contributed by atoms with Crippen LogP contribution in [0.3, 0.4) is 0 Å². The molecule has 30 heavy (non-hydrogen) atoms. The van der Waals surface area contributed by atoms with Gasteiger partial charge in [-0.25, -0.2) is 4.79 Å². The number of phenols is 1. The second-order valence-electron chi connectivity index (χ2n) is 8.59. The molecule has 1 aromatic carbocycles. The van der Waals surface area contributed by atoms with Gasteiger partial charge < -0.3 is 14.1 Å². The van der Waals surface area contributed by atoms with Crippen molar-refractivity contribution in [1.82, 2.24) is 9.47 Å². The molecule has 2 aliphatic rings. The number of piperidine rings is 1. The van der Waals surface area contributed by atoms with Gasteiger partial charge >= 0.3 is 5.63 Å². The maximum absolute atomic E-state index is 12.3. The van der Waals surface area contributed by atoms with E-state index in [1.807, 2.05) is 23.6 Å². The van der Waals surface area contributed by atoms with Gasteiger partial charge in [-0.3, -0.25) is 9.69 Å². The van der Waals surface area contributed by atoms with Crippen LogP contribution in [0.2, 0.25) is 5.02 Å². The van der Waals surface area contributed by atoms with Crippen molar-refractivity contribution in [2.45, 2.75) is 39.3 Å². The summed E-state index contributed by atoms with van der Waals surface area (Å²) < 4.78 is 7.50. The molecule has 0 saturated carbocycles. The minimum absolute atomic E-state index is 0.0390. The number of aromatic nitrogens is 1. The molecule has 0 aliphatic carbocycles. The topological polar surface area (TPSA) is 75.7 Å². The van der Waals surface area contributed by atoms with E-state index >= 15 is 0 Å². The number of hydrogen-bond donors (Lipinski definition) is 1. The number of pyridine rings is 1. The predicted octanol–water partition coefficient (Wildman–Crippen LogP) is 3.55. The van der Waals surface area contributed by atoms with Crippen LogP contribution in [-0.2, 0) is 13.1 Å². The Morgan fingerprint density at radius 3 is 2.77 bits per heavy atom. The average Bonchev–Trinajstić information content (AvgIpc) is 2.72. The van der Waals surface area contributed by atoms with Crippen LogP contribution in [0.5, 0.6) is 5.75 Å². The molecule has 0 amide bonds. The van der Waals surface area contributed by atoms with Gasteiger partial charge in [0.05, 0.1) is 10.6 Å². The first-order valence-electron chi connectivity index (χ1n) is 10.2. The van der Waals surface area contributed by atoms with E-state index in [0.29, 0.717) is 35.7 Å². The van der Waals surface area contributed by atoms with Crippen molar-refractivity contribution in [2.24, 2.45) is 5.92 Å². The number of rotatable bonds is 2. The minimum Gasteiger partial charge on any atom is -0.506 e. The molecule has 7 heteroatoms. The SMILES string of the molecule is Cc1c(C)c2cc(Cl)c(O)c(CN3C[C@H]4C[C@@H](C3)c3cccc(=O)n3C4)c2oc1=O. The maximum Gasteiger partial charge on any atom is 0.339 e. The zero-order chi connectivity index (χ0) is 21.2. The van der Waals surface area contributed by atoms with E-state index in [4.69, 9.17) is 16.0 Å². The fourth-order valence-electron chi connectivity index (χ4n) is 5.09. The Balaban J connectivity index is 1.55. The molecule has 2 atom stereocenters. The summed E-state index contributed by atoms with van der Waals surface area (Å²) >= 11 is 6.33. The van der Waals surface area contributed by atoms with Gasteiger partial charge in [0.1, 0.15) is 11.3 Å². The summed E-state index contributed by atoms with van der Waals surface area (Å²) in [7, 11) is 0. The number of benzene rings is 1. The summed E-state index contributed by atoms with van der Waals surface area (Å²) in [5.74, 6) is 0.581. The highest BCUT2D eigenvalue weighted by Gasteiger charge is 2.35. The van der Waals surface area contributed by atoms with Crippen molar-refractivity contribution in [3.63, 3.8) is 0 Å². The number of phenolic OH excluding ortho intramolecular Hbond substituents is 1. The zero-order valence-corrected chi connectivity index (χ0v) is 17.7. The number of aryl methyl sites for hydroxylation is 1. The molecule has 6 nitrogen and oxygen atoms in total. The van der Waals surface area contributed by atoms with Crippen molar-refractivity contribution < 1.29 is 9.52 Å². The molecule has 0 radical (unpaired) electrons. The van der Waals surface area contributed by atoms with E-state index in [1.165, 1.54) is 0 Å². The van der Waals surface area contributed by atoms with Crippen molar-refractivity contribution in [3.05, 3.63) is 72.4 Å². The van der Waals surface area contributed by atoms with E-state index in [2.05, 4.69) is 4.90 Å². The Bertz CT molecular complexity index is 1290. The molecule has 1 N–H and O–H groups in total. The molecule has 4 heterocycles. The largest absolute Gasteiger partial charge is 0.506 e. The monoisotopic (exact) mass is 426 g/mol. The Morgan fingerprint density at radius 2 is 1.97 bits per heavy atom. The summed E-state index contributed by atoms with van der Waals surface area (Å²) in [6.45, 7) is 6.30. The summed E-state index contributed by atoms with van der Waals surface area (Å²) in [4.78, 5) is 26.8. The van der Waals surface area contributed by atoms with Gasteiger partial charge in [-0.2, -0.15) is 0 Å². The fraction of sp³-hybridized carbons (Fsp3) is 0.391. The molecule has 0 spiro atoms. The molecular formula is C23H23ClN2O4. The Hall–Kier alpha value is -2.57. The van der Waals surface area contributed by atoms with Gasteiger partial charge in [0.25, 0.3) is 5.56 Å². The van der Waals surface area contributed by atoms with Gasteiger partial charge in [0.15, 0.2) is 0 Å². The molecule has 2 aliphatic heterocycles. The van der Waals surface area contributed by atoms with Gasteiger partial charge in [-0.15, -0.1) is 0 Å². The van der Waals surface area contributed by atoms with Crippen LogP contribution in [0.25, 0.3) is 11.0 Å². The number of likely N-dealkylation sites (tertiary alicyclic amines) is 1. The van der Waals surface area contributed by atoms with Crippen LogP contribution < -0.4 is 11.2 Å². The van der Waals surface area contributed by atoms with Crippen molar-refractivity contribution >= 4 is 22.6 Å². The van der Waals surface area contributed by atoms with Crippen LogP contribution in [-0.4, -0.2) is 27.7 Å². The van der Waals surface area contributed by atoms with Crippen molar-refractivity contribution in [3.8, 4) is 5.75 Å². The maximum atomic E-state index is 12.3. The third-order valence-electron chi connectivity index (χ3n) is 6.71. The first-order valence-corrected chi connectivity index (χ1v) is 10.6. The lowest BCUT2D eigenvalue weighted by Crippen LogP contribution is -2.46. The Morgan fingerprint density at radius 1 is 1.17 bits per heavy atom. The minimum atomic E-state index is -0.396. The van der Waals surface area contributed by atoms with E-state index in [0.717, 1.165) is 36.2 Å². The van der Waals surface area contributed by atoms with Crippen LogP contribution in [0, 0.1) is 19.8 Å². The van der Waals surface area contributed by atoms with Gasteiger partial charge in [-0.05, 0) is 43.9 Å². The lowest BCUT2D eigenvalue weighted by atomic mass is 9.83. The van der Waals surface area contributed by atoms with Crippen molar-refractivity contribution in [1.29, 1.82) is 0 Å². The summed E-state index contributed by atoms with van der Waals surface area (Å²) in [5.41, 5.74) is 3.04. The summed E-state index contributed by atoms with van der Waals surface area (Å²) in [5, 5.41) is 11.7.